The number of halogens is 1. The summed E-state index contributed by atoms with van der Waals surface area (Å²) in [6.45, 7) is 7.74. The molecule has 0 saturated carbocycles. The van der Waals surface area contributed by atoms with Crippen molar-refractivity contribution in [1.82, 2.24) is 15.0 Å². The summed E-state index contributed by atoms with van der Waals surface area (Å²) in [4.78, 5) is 12.0. The maximum Gasteiger partial charge on any atom is 0.322 e. The van der Waals surface area contributed by atoms with Gasteiger partial charge in [0.15, 0.2) is 0 Å². The van der Waals surface area contributed by atoms with Crippen molar-refractivity contribution in [3.8, 4) is 6.01 Å². The molecule has 0 aliphatic heterocycles. The zero-order chi connectivity index (χ0) is 13.4. The molecule has 0 aromatic carbocycles. The number of hydrogen-bond donors (Lipinski definition) is 1. The fourth-order valence-corrected chi connectivity index (χ4v) is 1.40. The smallest absolute Gasteiger partial charge is 0.322 e. The van der Waals surface area contributed by atoms with Crippen molar-refractivity contribution in [2.45, 2.75) is 33.3 Å². The number of hydrogen-bond acceptors (Lipinski definition) is 6. The molecule has 0 amide bonds. The third-order valence-corrected chi connectivity index (χ3v) is 2.19. The van der Waals surface area contributed by atoms with Crippen LogP contribution in [-0.2, 0) is 4.74 Å². The predicted molar refractivity (Wildman–Crippen MR) is 70.2 cm³/mol. The Balaban J connectivity index is 2.56. The normalized spacial score (nSPS) is 12.2. The summed E-state index contributed by atoms with van der Waals surface area (Å²) in [7, 11) is 0. The van der Waals surface area contributed by atoms with Crippen LogP contribution in [0.4, 0.5) is 5.95 Å². The molecule has 1 aromatic rings. The second-order valence-corrected chi connectivity index (χ2v) is 4.04. The van der Waals surface area contributed by atoms with Crippen LogP contribution in [0.15, 0.2) is 0 Å². The standard InChI is InChI=1S/C11H19ClN4O2/c1-4-6-18-11-15-9(12)14-10(16-11)13-7-8(3)17-5-2/h8H,4-7H2,1-3H3,(H,13,14,15,16). The molecule has 0 radical (unpaired) electrons. The van der Waals surface area contributed by atoms with Crippen molar-refractivity contribution in [3.05, 3.63) is 5.28 Å². The summed E-state index contributed by atoms with van der Waals surface area (Å²) in [6.07, 6.45) is 0.957. The summed E-state index contributed by atoms with van der Waals surface area (Å²) < 4.78 is 10.7. The summed E-state index contributed by atoms with van der Waals surface area (Å²) in [6, 6.07) is 0.239. The van der Waals surface area contributed by atoms with Crippen LogP contribution < -0.4 is 10.1 Å². The number of nitrogens with one attached hydrogen (secondary N) is 1. The van der Waals surface area contributed by atoms with Crippen molar-refractivity contribution in [3.63, 3.8) is 0 Å². The average Bonchev–Trinajstić information content (AvgIpc) is 2.34. The van der Waals surface area contributed by atoms with E-state index < -0.39 is 0 Å². The van der Waals surface area contributed by atoms with Crippen LogP contribution in [0.2, 0.25) is 5.28 Å². The lowest BCUT2D eigenvalue weighted by Gasteiger charge is -2.12. The molecular formula is C11H19ClN4O2. The molecule has 7 heteroatoms. The van der Waals surface area contributed by atoms with E-state index in [1.165, 1.54) is 0 Å². The van der Waals surface area contributed by atoms with Crippen LogP contribution in [0.3, 0.4) is 0 Å². The van der Waals surface area contributed by atoms with Crippen LogP contribution in [0.25, 0.3) is 0 Å². The molecule has 18 heavy (non-hydrogen) atoms. The van der Waals surface area contributed by atoms with Gasteiger partial charge in [-0.15, -0.1) is 0 Å². The predicted octanol–water partition coefficient (Wildman–Crippen LogP) is 2.15. The molecule has 1 rings (SSSR count). The Labute approximate surface area is 112 Å². The molecule has 102 valence electrons. The van der Waals surface area contributed by atoms with Gasteiger partial charge < -0.3 is 14.8 Å². The van der Waals surface area contributed by atoms with Gasteiger partial charge in [0.05, 0.1) is 12.7 Å². The number of rotatable bonds is 8. The largest absolute Gasteiger partial charge is 0.463 e. The number of ether oxygens (including phenoxy) is 2. The first-order valence-corrected chi connectivity index (χ1v) is 6.43. The molecule has 0 spiro atoms. The first-order valence-electron chi connectivity index (χ1n) is 6.05. The summed E-state index contributed by atoms with van der Waals surface area (Å²) in [5.41, 5.74) is 0. The summed E-state index contributed by atoms with van der Waals surface area (Å²) in [5, 5.41) is 3.15. The minimum absolute atomic E-state index is 0.0746. The Bertz CT molecular complexity index is 365. The topological polar surface area (TPSA) is 69.2 Å². The van der Waals surface area contributed by atoms with Crippen LogP contribution in [-0.4, -0.2) is 40.8 Å². The molecule has 0 saturated heterocycles. The number of nitrogens with zero attached hydrogens (tertiary/aromatic N) is 3. The van der Waals surface area contributed by atoms with Crippen LogP contribution in [0.5, 0.6) is 6.01 Å². The number of aromatic nitrogens is 3. The van der Waals surface area contributed by atoms with Gasteiger partial charge in [0.25, 0.3) is 0 Å². The van der Waals surface area contributed by atoms with Gasteiger partial charge in [-0.3, -0.25) is 0 Å². The lowest BCUT2D eigenvalue weighted by atomic mass is 10.4. The first kappa shape index (κ1) is 14.9. The molecule has 1 aromatic heterocycles. The highest BCUT2D eigenvalue weighted by molar-refractivity contribution is 6.28. The summed E-state index contributed by atoms with van der Waals surface area (Å²) in [5.74, 6) is 0.396. The third-order valence-electron chi connectivity index (χ3n) is 2.02. The SMILES string of the molecule is CCCOc1nc(Cl)nc(NCC(C)OCC)n1. The molecule has 6 nitrogen and oxygen atoms in total. The van der Waals surface area contributed by atoms with Gasteiger partial charge in [0, 0.05) is 13.2 Å². The Morgan fingerprint density at radius 2 is 2.06 bits per heavy atom. The third kappa shape index (κ3) is 5.46. The molecule has 1 atom stereocenters. The maximum absolute atomic E-state index is 5.79. The van der Waals surface area contributed by atoms with Crippen molar-refractivity contribution < 1.29 is 9.47 Å². The van der Waals surface area contributed by atoms with E-state index in [4.69, 9.17) is 21.1 Å². The van der Waals surface area contributed by atoms with E-state index in [1.807, 2.05) is 20.8 Å². The van der Waals surface area contributed by atoms with Crippen LogP contribution >= 0.6 is 11.6 Å². The van der Waals surface area contributed by atoms with E-state index in [9.17, 15) is 0 Å². The van der Waals surface area contributed by atoms with Crippen molar-refractivity contribution >= 4 is 17.5 Å². The molecule has 0 bridgehead atoms. The van der Waals surface area contributed by atoms with Crippen LogP contribution in [0.1, 0.15) is 27.2 Å². The molecule has 0 aliphatic carbocycles. The highest BCUT2D eigenvalue weighted by Crippen LogP contribution is 2.11. The summed E-state index contributed by atoms with van der Waals surface area (Å²) >= 11 is 5.79. The first-order chi connectivity index (χ1) is 8.65. The quantitative estimate of drug-likeness (QED) is 0.783. The van der Waals surface area contributed by atoms with Gasteiger partial charge in [0.2, 0.25) is 11.2 Å². The average molecular weight is 275 g/mol. The zero-order valence-corrected chi connectivity index (χ0v) is 11.7. The Kier molecular flexibility index (Phi) is 6.67. The fraction of sp³-hybridized carbons (Fsp3) is 0.727. The van der Waals surface area contributed by atoms with E-state index in [0.717, 1.165) is 6.42 Å². The van der Waals surface area contributed by atoms with E-state index in [-0.39, 0.29) is 17.4 Å². The Morgan fingerprint density at radius 1 is 1.28 bits per heavy atom. The minimum Gasteiger partial charge on any atom is -0.463 e. The van der Waals surface area contributed by atoms with Crippen molar-refractivity contribution in [2.75, 3.05) is 25.1 Å². The molecular weight excluding hydrogens is 256 g/mol. The van der Waals surface area contributed by atoms with Gasteiger partial charge in [-0.25, -0.2) is 0 Å². The lowest BCUT2D eigenvalue weighted by Crippen LogP contribution is -2.21. The van der Waals surface area contributed by atoms with Gasteiger partial charge in [-0.1, -0.05) is 6.92 Å². The van der Waals surface area contributed by atoms with Gasteiger partial charge >= 0.3 is 6.01 Å². The molecule has 0 fully saturated rings. The van der Waals surface area contributed by atoms with E-state index in [1.54, 1.807) is 0 Å². The second kappa shape index (κ2) is 8.05. The Morgan fingerprint density at radius 3 is 2.72 bits per heavy atom. The van der Waals surface area contributed by atoms with E-state index in [2.05, 4.69) is 20.3 Å². The van der Waals surface area contributed by atoms with E-state index in [0.29, 0.717) is 25.7 Å². The highest BCUT2D eigenvalue weighted by atomic mass is 35.5. The molecule has 1 unspecified atom stereocenters. The van der Waals surface area contributed by atoms with Crippen molar-refractivity contribution in [1.29, 1.82) is 0 Å². The maximum atomic E-state index is 5.79. The Hall–Kier alpha value is -1.14. The molecule has 1 N–H and O–H groups in total. The highest BCUT2D eigenvalue weighted by Gasteiger charge is 2.07. The van der Waals surface area contributed by atoms with E-state index >= 15 is 0 Å². The molecule has 0 aliphatic rings. The fourth-order valence-electron chi connectivity index (χ4n) is 1.25. The molecule has 1 heterocycles. The van der Waals surface area contributed by atoms with Crippen LogP contribution in [0, 0.1) is 0 Å². The van der Waals surface area contributed by atoms with Crippen molar-refractivity contribution in [2.24, 2.45) is 0 Å². The number of anilines is 1. The minimum atomic E-state index is 0.0746. The lowest BCUT2D eigenvalue weighted by molar-refractivity contribution is 0.0854. The van der Waals surface area contributed by atoms with Gasteiger partial charge in [-0.05, 0) is 31.9 Å². The zero-order valence-electron chi connectivity index (χ0n) is 10.9. The monoisotopic (exact) mass is 274 g/mol. The second-order valence-electron chi connectivity index (χ2n) is 3.71. The van der Waals surface area contributed by atoms with Gasteiger partial charge in [-0.2, -0.15) is 15.0 Å². The van der Waals surface area contributed by atoms with Gasteiger partial charge in [0.1, 0.15) is 0 Å².